The molecule has 0 bridgehead atoms. The van der Waals surface area contributed by atoms with Gasteiger partial charge in [-0.25, -0.2) is 0 Å². The zero-order valence-electron chi connectivity index (χ0n) is 12.9. The molecule has 1 saturated carbocycles. The Labute approximate surface area is 120 Å². The van der Waals surface area contributed by atoms with Gasteiger partial charge in [-0.1, -0.05) is 12.8 Å². The molecule has 1 aromatic rings. The van der Waals surface area contributed by atoms with Crippen LogP contribution in [0.25, 0.3) is 0 Å². The van der Waals surface area contributed by atoms with Gasteiger partial charge in [0.05, 0.1) is 17.4 Å². The highest BCUT2D eigenvalue weighted by Gasteiger charge is 2.27. The van der Waals surface area contributed by atoms with E-state index < -0.39 is 0 Å². The second-order valence-electron chi connectivity index (χ2n) is 5.97. The molecule has 0 aliphatic heterocycles. The number of hydrogen-bond donors (Lipinski definition) is 1. The minimum absolute atomic E-state index is 0.00544. The zero-order chi connectivity index (χ0) is 14.9. The zero-order valence-corrected chi connectivity index (χ0v) is 12.9. The molecular weight excluding hydrogens is 254 g/mol. The van der Waals surface area contributed by atoms with E-state index in [0.717, 1.165) is 37.1 Å². The van der Waals surface area contributed by atoms with Crippen LogP contribution in [0.4, 0.5) is 0 Å². The SMILES string of the molecule is Cc1nn(C)c(C)c1C(=O)N(C)CC1CCCCC1O. The summed E-state index contributed by atoms with van der Waals surface area (Å²) in [6, 6.07) is 0. The van der Waals surface area contributed by atoms with Crippen molar-refractivity contribution in [1.82, 2.24) is 14.7 Å². The molecule has 1 heterocycles. The summed E-state index contributed by atoms with van der Waals surface area (Å²) in [5, 5.41) is 14.3. The van der Waals surface area contributed by atoms with E-state index in [9.17, 15) is 9.90 Å². The van der Waals surface area contributed by atoms with Crippen molar-refractivity contribution in [2.24, 2.45) is 13.0 Å². The highest BCUT2D eigenvalue weighted by atomic mass is 16.3. The van der Waals surface area contributed by atoms with Gasteiger partial charge in [0, 0.05) is 32.3 Å². The second-order valence-corrected chi connectivity index (χ2v) is 5.97. The smallest absolute Gasteiger partial charge is 0.257 e. The summed E-state index contributed by atoms with van der Waals surface area (Å²) >= 11 is 0. The van der Waals surface area contributed by atoms with Crippen LogP contribution in [-0.2, 0) is 7.05 Å². The summed E-state index contributed by atoms with van der Waals surface area (Å²) in [6.45, 7) is 4.40. The molecule has 112 valence electrons. The van der Waals surface area contributed by atoms with E-state index in [1.807, 2.05) is 27.9 Å². The van der Waals surface area contributed by atoms with Crippen molar-refractivity contribution in [3.05, 3.63) is 17.0 Å². The lowest BCUT2D eigenvalue weighted by Gasteiger charge is -2.31. The molecule has 0 aromatic carbocycles. The number of aliphatic hydroxyl groups is 1. The molecule has 1 N–H and O–H groups in total. The van der Waals surface area contributed by atoms with E-state index in [0.29, 0.717) is 12.1 Å². The number of amides is 1. The molecule has 5 nitrogen and oxygen atoms in total. The van der Waals surface area contributed by atoms with Gasteiger partial charge in [0.25, 0.3) is 5.91 Å². The molecular formula is C15H25N3O2. The van der Waals surface area contributed by atoms with Gasteiger partial charge in [0.15, 0.2) is 0 Å². The first-order chi connectivity index (χ1) is 9.41. The molecule has 2 atom stereocenters. The van der Waals surface area contributed by atoms with Gasteiger partial charge in [0.2, 0.25) is 0 Å². The number of aromatic nitrogens is 2. The Kier molecular flexibility index (Phi) is 4.48. The number of rotatable bonds is 3. The maximum absolute atomic E-state index is 12.6. The highest BCUT2D eigenvalue weighted by molar-refractivity contribution is 5.96. The first-order valence-electron chi connectivity index (χ1n) is 7.35. The first-order valence-corrected chi connectivity index (χ1v) is 7.35. The van der Waals surface area contributed by atoms with Crippen LogP contribution < -0.4 is 0 Å². The average molecular weight is 279 g/mol. The number of carbonyl (C=O) groups excluding carboxylic acids is 1. The third kappa shape index (κ3) is 2.87. The maximum Gasteiger partial charge on any atom is 0.257 e. The standard InChI is InChI=1S/C15H25N3O2/c1-10-14(11(2)18(4)16-10)15(20)17(3)9-12-7-5-6-8-13(12)19/h12-13,19H,5-9H2,1-4H3. The van der Waals surface area contributed by atoms with Gasteiger partial charge in [0.1, 0.15) is 0 Å². The van der Waals surface area contributed by atoms with Gasteiger partial charge < -0.3 is 10.0 Å². The van der Waals surface area contributed by atoms with Crippen molar-refractivity contribution in [1.29, 1.82) is 0 Å². The Morgan fingerprint density at radius 1 is 1.40 bits per heavy atom. The fourth-order valence-electron chi connectivity index (χ4n) is 3.11. The maximum atomic E-state index is 12.6. The lowest BCUT2D eigenvalue weighted by Crippen LogP contribution is -2.38. The molecule has 20 heavy (non-hydrogen) atoms. The monoisotopic (exact) mass is 279 g/mol. The molecule has 1 aliphatic carbocycles. The third-order valence-corrected chi connectivity index (χ3v) is 4.45. The normalized spacial score (nSPS) is 22.9. The van der Waals surface area contributed by atoms with Gasteiger partial charge >= 0.3 is 0 Å². The second kappa shape index (κ2) is 5.95. The van der Waals surface area contributed by atoms with E-state index in [-0.39, 0.29) is 17.9 Å². The topological polar surface area (TPSA) is 58.4 Å². The molecule has 1 amide bonds. The number of aryl methyl sites for hydroxylation is 2. The predicted molar refractivity (Wildman–Crippen MR) is 77.6 cm³/mol. The van der Waals surface area contributed by atoms with Crippen LogP contribution in [0.15, 0.2) is 0 Å². The Morgan fingerprint density at radius 2 is 2.05 bits per heavy atom. The third-order valence-electron chi connectivity index (χ3n) is 4.45. The minimum atomic E-state index is -0.268. The summed E-state index contributed by atoms with van der Waals surface area (Å²) in [4.78, 5) is 14.3. The number of nitrogens with zero attached hydrogens (tertiary/aromatic N) is 3. The fraction of sp³-hybridized carbons (Fsp3) is 0.733. The molecule has 2 unspecified atom stereocenters. The highest BCUT2D eigenvalue weighted by Crippen LogP contribution is 2.25. The van der Waals surface area contributed by atoms with Crippen molar-refractivity contribution >= 4 is 5.91 Å². The van der Waals surface area contributed by atoms with Crippen LogP contribution in [0.3, 0.4) is 0 Å². The number of hydrogen-bond acceptors (Lipinski definition) is 3. The Hall–Kier alpha value is -1.36. The van der Waals surface area contributed by atoms with Crippen LogP contribution in [0.2, 0.25) is 0 Å². The van der Waals surface area contributed by atoms with Gasteiger partial charge in [-0.3, -0.25) is 9.48 Å². The molecule has 0 radical (unpaired) electrons. The summed E-state index contributed by atoms with van der Waals surface area (Å²) < 4.78 is 1.74. The van der Waals surface area contributed by atoms with E-state index in [4.69, 9.17) is 0 Å². The van der Waals surface area contributed by atoms with Gasteiger partial charge in [-0.2, -0.15) is 5.10 Å². The first kappa shape index (κ1) is 15.0. The largest absolute Gasteiger partial charge is 0.393 e. The van der Waals surface area contributed by atoms with Crippen molar-refractivity contribution in [2.75, 3.05) is 13.6 Å². The quantitative estimate of drug-likeness (QED) is 0.915. The Balaban J connectivity index is 2.08. The number of carbonyl (C=O) groups is 1. The fourth-order valence-corrected chi connectivity index (χ4v) is 3.11. The van der Waals surface area contributed by atoms with E-state index >= 15 is 0 Å². The molecule has 5 heteroatoms. The van der Waals surface area contributed by atoms with Crippen molar-refractivity contribution in [3.63, 3.8) is 0 Å². The molecule has 0 spiro atoms. The molecule has 1 aromatic heterocycles. The summed E-state index contributed by atoms with van der Waals surface area (Å²) in [7, 11) is 3.67. The van der Waals surface area contributed by atoms with Crippen LogP contribution >= 0.6 is 0 Å². The van der Waals surface area contributed by atoms with Crippen molar-refractivity contribution < 1.29 is 9.90 Å². The summed E-state index contributed by atoms with van der Waals surface area (Å²) in [5.74, 6) is 0.209. The van der Waals surface area contributed by atoms with Crippen LogP contribution in [0.5, 0.6) is 0 Å². The van der Waals surface area contributed by atoms with Crippen molar-refractivity contribution in [3.8, 4) is 0 Å². The van der Waals surface area contributed by atoms with Crippen LogP contribution in [0, 0.1) is 19.8 Å². The predicted octanol–water partition coefficient (Wildman–Crippen LogP) is 1.66. The van der Waals surface area contributed by atoms with E-state index in [1.165, 1.54) is 0 Å². The number of aliphatic hydroxyl groups excluding tert-OH is 1. The van der Waals surface area contributed by atoms with E-state index in [2.05, 4.69) is 5.10 Å². The Bertz CT molecular complexity index is 496. The summed E-state index contributed by atoms with van der Waals surface area (Å²) in [6.07, 6.45) is 3.84. The van der Waals surface area contributed by atoms with Crippen molar-refractivity contribution in [2.45, 2.75) is 45.6 Å². The lowest BCUT2D eigenvalue weighted by molar-refractivity contribution is 0.0450. The minimum Gasteiger partial charge on any atom is -0.393 e. The molecule has 1 fully saturated rings. The van der Waals surface area contributed by atoms with E-state index in [1.54, 1.807) is 9.58 Å². The van der Waals surface area contributed by atoms with Gasteiger partial charge in [-0.05, 0) is 26.7 Å². The van der Waals surface area contributed by atoms with Crippen LogP contribution in [-0.4, -0.2) is 45.4 Å². The molecule has 0 saturated heterocycles. The summed E-state index contributed by atoms with van der Waals surface area (Å²) in [5.41, 5.74) is 2.36. The molecule has 1 aliphatic rings. The molecule has 2 rings (SSSR count). The average Bonchev–Trinajstić information content (AvgIpc) is 2.65. The lowest BCUT2D eigenvalue weighted by atomic mass is 9.86. The van der Waals surface area contributed by atoms with Gasteiger partial charge in [-0.15, -0.1) is 0 Å². The van der Waals surface area contributed by atoms with Crippen LogP contribution in [0.1, 0.15) is 47.4 Å². The Morgan fingerprint density at radius 3 is 2.60 bits per heavy atom.